The predicted octanol–water partition coefficient (Wildman–Crippen LogP) is 0.659. The Hall–Kier alpha value is -1.08. The van der Waals surface area contributed by atoms with Gasteiger partial charge >= 0.3 is 0 Å². The Kier molecular flexibility index (Phi) is 5.42. The molecule has 2 heterocycles. The molecule has 0 saturated carbocycles. The third-order valence-electron chi connectivity index (χ3n) is 3.45. The fourth-order valence-electron chi connectivity index (χ4n) is 2.43. The van der Waals surface area contributed by atoms with Crippen LogP contribution in [0.1, 0.15) is 32.6 Å². The van der Waals surface area contributed by atoms with E-state index in [0.717, 1.165) is 25.1 Å². The summed E-state index contributed by atoms with van der Waals surface area (Å²) in [4.78, 5) is 26.0. The maximum atomic E-state index is 12.5. The fraction of sp³-hybridized carbons (Fsp3) is 0.769. The molecule has 0 aromatic heterocycles. The number of aliphatic hydroxyl groups is 1. The number of nitrogens with zero attached hydrogens (tertiary/aromatic N) is 3. The molecule has 2 aliphatic rings. The Morgan fingerprint density at radius 3 is 3.00 bits per heavy atom. The van der Waals surface area contributed by atoms with Crippen molar-refractivity contribution in [1.29, 1.82) is 0 Å². The zero-order valence-corrected chi connectivity index (χ0v) is 12.6. The van der Waals surface area contributed by atoms with Gasteiger partial charge in [-0.15, -0.1) is 11.8 Å². The summed E-state index contributed by atoms with van der Waals surface area (Å²) in [6.07, 6.45) is 2.73. The Bertz CT molecular complexity index is 414. The molecule has 20 heavy (non-hydrogen) atoms. The van der Waals surface area contributed by atoms with E-state index in [4.69, 9.17) is 5.11 Å². The Morgan fingerprint density at radius 2 is 2.30 bits per heavy atom. The minimum Gasteiger partial charge on any atom is -0.394 e. The number of amides is 2. The number of β-amino-alcohol motifs (C(OH)–C–C–N with tert-alkyl or cyclic N) is 1. The molecule has 0 aromatic carbocycles. The van der Waals surface area contributed by atoms with Gasteiger partial charge in [0, 0.05) is 25.1 Å². The molecule has 0 aromatic rings. The Morgan fingerprint density at radius 1 is 1.50 bits per heavy atom. The molecular formula is C13H21N3O3S. The van der Waals surface area contributed by atoms with Crippen molar-refractivity contribution in [3.63, 3.8) is 0 Å². The molecule has 0 bridgehead atoms. The van der Waals surface area contributed by atoms with Crippen LogP contribution in [0.3, 0.4) is 0 Å². The summed E-state index contributed by atoms with van der Waals surface area (Å²) >= 11 is 1.81. The van der Waals surface area contributed by atoms with Crippen LogP contribution in [0.2, 0.25) is 0 Å². The molecule has 1 atom stereocenters. The van der Waals surface area contributed by atoms with E-state index in [1.54, 1.807) is 0 Å². The van der Waals surface area contributed by atoms with E-state index >= 15 is 0 Å². The van der Waals surface area contributed by atoms with Gasteiger partial charge in [0.25, 0.3) is 5.91 Å². The maximum Gasteiger partial charge on any atom is 0.271 e. The van der Waals surface area contributed by atoms with Crippen LogP contribution >= 0.6 is 11.8 Å². The zero-order valence-electron chi connectivity index (χ0n) is 11.7. The van der Waals surface area contributed by atoms with E-state index < -0.39 is 0 Å². The van der Waals surface area contributed by atoms with Crippen molar-refractivity contribution >= 4 is 29.3 Å². The second-order valence-electron chi connectivity index (χ2n) is 4.90. The predicted molar refractivity (Wildman–Crippen MR) is 78.3 cm³/mol. The first-order valence-electron chi connectivity index (χ1n) is 7.08. The van der Waals surface area contributed by atoms with Crippen LogP contribution in [-0.4, -0.2) is 63.4 Å². The first-order valence-corrected chi connectivity index (χ1v) is 8.13. The average Bonchev–Trinajstić information content (AvgIpc) is 2.89. The van der Waals surface area contributed by atoms with Crippen LogP contribution in [-0.2, 0) is 9.59 Å². The monoisotopic (exact) mass is 299 g/mol. The Balaban J connectivity index is 2.08. The van der Waals surface area contributed by atoms with Crippen molar-refractivity contribution < 1.29 is 14.7 Å². The highest BCUT2D eigenvalue weighted by atomic mass is 32.2. The van der Waals surface area contributed by atoms with Crippen molar-refractivity contribution in [3.05, 3.63) is 0 Å². The second kappa shape index (κ2) is 7.08. The van der Waals surface area contributed by atoms with Gasteiger partial charge in [-0.1, -0.05) is 13.3 Å². The third-order valence-corrected chi connectivity index (χ3v) is 4.74. The summed E-state index contributed by atoms with van der Waals surface area (Å²) in [5.41, 5.74) is 0.446. The number of aliphatic hydroxyl groups excluding tert-OH is 1. The van der Waals surface area contributed by atoms with Gasteiger partial charge in [-0.25, -0.2) is 5.01 Å². The largest absolute Gasteiger partial charge is 0.394 e. The Labute approximate surface area is 123 Å². The highest BCUT2D eigenvalue weighted by molar-refractivity contribution is 8.00. The lowest BCUT2D eigenvalue weighted by Gasteiger charge is -2.27. The van der Waals surface area contributed by atoms with Gasteiger partial charge in [0.05, 0.1) is 18.5 Å². The van der Waals surface area contributed by atoms with Crippen molar-refractivity contribution in [2.24, 2.45) is 5.10 Å². The first-order chi connectivity index (χ1) is 9.67. The molecule has 1 saturated heterocycles. The van der Waals surface area contributed by atoms with Crippen LogP contribution in [0.4, 0.5) is 0 Å². The normalized spacial score (nSPS) is 23.2. The number of thioether (sulfide) groups is 1. The first kappa shape index (κ1) is 15.3. The fourth-order valence-corrected chi connectivity index (χ4v) is 3.79. The molecule has 0 aliphatic carbocycles. The van der Waals surface area contributed by atoms with Gasteiger partial charge in [0.2, 0.25) is 5.91 Å². The van der Waals surface area contributed by atoms with Gasteiger partial charge in [-0.2, -0.15) is 5.10 Å². The molecule has 0 radical (unpaired) electrons. The smallest absolute Gasteiger partial charge is 0.271 e. The molecule has 2 amide bonds. The van der Waals surface area contributed by atoms with E-state index in [1.807, 2.05) is 16.7 Å². The third kappa shape index (κ3) is 3.32. The summed E-state index contributed by atoms with van der Waals surface area (Å²) in [6.45, 7) is 2.87. The van der Waals surface area contributed by atoms with Gasteiger partial charge in [0.1, 0.15) is 5.71 Å². The van der Waals surface area contributed by atoms with E-state index in [1.165, 1.54) is 5.01 Å². The minimum atomic E-state index is -0.144. The molecule has 2 rings (SSSR count). The van der Waals surface area contributed by atoms with Crippen molar-refractivity contribution in [3.8, 4) is 0 Å². The van der Waals surface area contributed by atoms with E-state index in [-0.39, 0.29) is 30.3 Å². The maximum absolute atomic E-state index is 12.5. The summed E-state index contributed by atoms with van der Waals surface area (Å²) in [5.74, 6) is 0.781. The molecule has 6 nitrogen and oxygen atoms in total. The quantitative estimate of drug-likeness (QED) is 0.809. The number of rotatable bonds is 5. The van der Waals surface area contributed by atoms with E-state index in [0.29, 0.717) is 18.6 Å². The minimum absolute atomic E-state index is 0.0520. The van der Waals surface area contributed by atoms with Crippen molar-refractivity contribution in [2.45, 2.75) is 38.0 Å². The van der Waals surface area contributed by atoms with Crippen LogP contribution in [0.25, 0.3) is 0 Å². The van der Waals surface area contributed by atoms with Gasteiger partial charge in [-0.05, 0) is 6.42 Å². The lowest BCUT2D eigenvalue weighted by molar-refractivity contribution is -0.132. The number of carbonyl (C=O) groups excluding carboxylic acids is 2. The van der Waals surface area contributed by atoms with Crippen LogP contribution in [0.5, 0.6) is 0 Å². The molecule has 1 N–H and O–H groups in total. The molecule has 1 unspecified atom stereocenters. The summed E-state index contributed by atoms with van der Waals surface area (Å²) in [7, 11) is 0. The lowest BCUT2D eigenvalue weighted by Crippen LogP contribution is -2.43. The standard InChI is InChI=1S/C13H21N3O3S/c1-2-3-12-15(7-9-20-12)13(19)10-4-5-11(18)16(14-10)6-8-17/h12,17H,2-9H2,1H3. The molecule has 0 spiro atoms. The number of carbonyl (C=O) groups is 2. The van der Waals surface area contributed by atoms with Crippen LogP contribution in [0, 0.1) is 0 Å². The summed E-state index contributed by atoms with van der Waals surface area (Å²) in [6, 6.07) is 0. The lowest BCUT2D eigenvalue weighted by atomic mass is 10.1. The molecule has 112 valence electrons. The highest BCUT2D eigenvalue weighted by Gasteiger charge is 2.33. The number of hydrogen-bond acceptors (Lipinski definition) is 5. The van der Waals surface area contributed by atoms with Crippen LogP contribution < -0.4 is 0 Å². The van der Waals surface area contributed by atoms with E-state index in [9.17, 15) is 9.59 Å². The molecular weight excluding hydrogens is 278 g/mol. The summed E-state index contributed by atoms with van der Waals surface area (Å²) in [5, 5.41) is 14.5. The molecule has 1 fully saturated rings. The summed E-state index contributed by atoms with van der Waals surface area (Å²) < 4.78 is 0. The highest BCUT2D eigenvalue weighted by Crippen LogP contribution is 2.28. The SMILES string of the molecule is CCCC1SCCN1C(=O)C1=NN(CCO)C(=O)CC1. The molecule has 2 aliphatic heterocycles. The number of hydrogen-bond donors (Lipinski definition) is 1. The average molecular weight is 299 g/mol. The van der Waals surface area contributed by atoms with Gasteiger partial charge in [0.15, 0.2) is 0 Å². The number of hydrazone groups is 1. The van der Waals surface area contributed by atoms with Gasteiger partial charge in [-0.3, -0.25) is 9.59 Å². The second-order valence-corrected chi connectivity index (χ2v) is 6.19. The topological polar surface area (TPSA) is 73.2 Å². The van der Waals surface area contributed by atoms with Crippen molar-refractivity contribution in [2.75, 3.05) is 25.4 Å². The van der Waals surface area contributed by atoms with Crippen LogP contribution in [0.15, 0.2) is 5.10 Å². The van der Waals surface area contributed by atoms with Gasteiger partial charge < -0.3 is 10.0 Å². The zero-order chi connectivity index (χ0) is 14.5. The van der Waals surface area contributed by atoms with E-state index in [2.05, 4.69) is 12.0 Å². The van der Waals surface area contributed by atoms with Crippen molar-refractivity contribution in [1.82, 2.24) is 9.91 Å². The molecule has 7 heteroatoms.